The molecule has 2 bridgehead atoms. The van der Waals surface area contributed by atoms with Gasteiger partial charge in [0.25, 0.3) is 5.91 Å². The van der Waals surface area contributed by atoms with Gasteiger partial charge in [0.1, 0.15) is 24.0 Å². The molecule has 1 fully saturated rings. The number of hydrogen-bond acceptors (Lipinski definition) is 5. The van der Waals surface area contributed by atoms with E-state index in [0.29, 0.717) is 19.4 Å². The highest BCUT2D eigenvalue weighted by molar-refractivity contribution is 5.97. The van der Waals surface area contributed by atoms with Crippen LogP contribution >= 0.6 is 0 Å². The number of carbonyl (C=O) groups excluding carboxylic acids is 3. The maximum Gasteiger partial charge on any atom is 0.255 e. The highest BCUT2D eigenvalue weighted by Crippen LogP contribution is 2.28. The lowest BCUT2D eigenvalue weighted by molar-refractivity contribution is -0.135. The number of carbonyl (C=O) groups is 3. The lowest BCUT2D eigenvalue weighted by Gasteiger charge is -2.31. The van der Waals surface area contributed by atoms with Gasteiger partial charge in [-0.25, -0.2) is 9.37 Å². The molecule has 0 unspecified atom stereocenters. The normalized spacial score (nSPS) is 21.2. The minimum absolute atomic E-state index is 0.0628. The van der Waals surface area contributed by atoms with Crippen LogP contribution in [-0.2, 0) is 22.6 Å². The van der Waals surface area contributed by atoms with E-state index in [0.717, 1.165) is 18.3 Å². The summed E-state index contributed by atoms with van der Waals surface area (Å²) in [7, 11) is 0. The van der Waals surface area contributed by atoms with Crippen molar-refractivity contribution in [2.45, 2.75) is 57.7 Å². The monoisotopic (exact) mass is 471 g/mol. The Kier molecular flexibility index (Phi) is 7.44. The molecule has 2 atom stereocenters. The second kappa shape index (κ2) is 10.7. The van der Waals surface area contributed by atoms with Gasteiger partial charge in [-0.15, -0.1) is 0 Å². The third kappa shape index (κ3) is 5.37. The van der Waals surface area contributed by atoms with Crippen LogP contribution in [0.2, 0.25) is 0 Å². The molecule has 4 rings (SSSR count). The van der Waals surface area contributed by atoms with E-state index in [4.69, 9.17) is 4.74 Å². The van der Waals surface area contributed by atoms with E-state index in [1.807, 2.05) is 17.7 Å². The molecule has 2 aromatic rings. The number of halogens is 1. The van der Waals surface area contributed by atoms with Crippen molar-refractivity contribution in [1.29, 1.82) is 0 Å². The Morgan fingerprint density at radius 1 is 1.24 bits per heavy atom. The predicted molar refractivity (Wildman–Crippen MR) is 122 cm³/mol. The molecule has 10 heteroatoms. The zero-order chi connectivity index (χ0) is 24.1. The molecule has 3 amide bonds. The Morgan fingerprint density at radius 2 is 2.06 bits per heavy atom. The van der Waals surface area contributed by atoms with Crippen molar-refractivity contribution in [3.8, 4) is 5.75 Å². The van der Waals surface area contributed by atoms with Gasteiger partial charge in [0.2, 0.25) is 11.8 Å². The molecule has 2 aliphatic rings. The van der Waals surface area contributed by atoms with Gasteiger partial charge in [-0.3, -0.25) is 14.4 Å². The zero-order valence-corrected chi connectivity index (χ0v) is 19.3. The first-order valence-electron chi connectivity index (χ1n) is 11.7. The van der Waals surface area contributed by atoms with Crippen LogP contribution in [0.25, 0.3) is 0 Å². The Balaban J connectivity index is 1.52. The van der Waals surface area contributed by atoms with Crippen molar-refractivity contribution < 1.29 is 23.5 Å². The van der Waals surface area contributed by atoms with E-state index in [9.17, 15) is 18.8 Å². The molecule has 0 spiro atoms. The number of nitrogens with zero attached hydrogens (tertiary/aromatic N) is 3. The topological polar surface area (TPSA) is 106 Å². The second-order valence-electron chi connectivity index (χ2n) is 8.58. The van der Waals surface area contributed by atoms with Gasteiger partial charge in [-0.05, 0) is 31.0 Å². The first-order valence-corrected chi connectivity index (χ1v) is 11.7. The predicted octanol–water partition coefficient (Wildman–Crippen LogP) is 1.66. The summed E-state index contributed by atoms with van der Waals surface area (Å²) >= 11 is 0. The highest BCUT2D eigenvalue weighted by atomic mass is 19.1. The molecule has 0 aliphatic carbocycles. The summed E-state index contributed by atoms with van der Waals surface area (Å²) < 4.78 is 21.4. The van der Waals surface area contributed by atoms with Gasteiger partial charge in [0, 0.05) is 56.8 Å². The molecule has 1 aromatic carbocycles. The first kappa shape index (κ1) is 23.7. The molecule has 34 heavy (non-hydrogen) atoms. The van der Waals surface area contributed by atoms with Crippen LogP contribution in [0, 0.1) is 5.82 Å². The van der Waals surface area contributed by atoms with Crippen molar-refractivity contribution in [2.24, 2.45) is 0 Å². The minimum atomic E-state index is -0.546. The number of rotatable bonds is 4. The summed E-state index contributed by atoms with van der Waals surface area (Å²) in [5, 5.41) is 5.65. The molecular formula is C24H30FN5O4. The van der Waals surface area contributed by atoms with Gasteiger partial charge in [-0.1, -0.05) is 6.92 Å². The fraction of sp³-hybridized carbons (Fsp3) is 0.500. The number of aromatic nitrogens is 2. The quantitative estimate of drug-likeness (QED) is 0.706. The van der Waals surface area contributed by atoms with Crippen LogP contribution in [0.4, 0.5) is 4.39 Å². The molecule has 9 nitrogen and oxygen atoms in total. The first-order chi connectivity index (χ1) is 16.5. The van der Waals surface area contributed by atoms with Crippen molar-refractivity contribution in [1.82, 2.24) is 25.1 Å². The number of benzene rings is 1. The van der Waals surface area contributed by atoms with Crippen molar-refractivity contribution in [2.75, 3.05) is 19.7 Å². The number of imidazole rings is 1. The van der Waals surface area contributed by atoms with Crippen LogP contribution in [-0.4, -0.2) is 64.0 Å². The summed E-state index contributed by atoms with van der Waals surface area (Å²) in [5.41, 5.74) is 0.0861. The smallest absolute Gasteiger partial charge is 0.255 e. The number of amides is 3. The van der Waals surface area contributed by atoms with Crippen LogP contribution in [0.1, 0.15) is 48.8 Å². The van der Waals surface area contributed by atoms with Crippen molar-refractivity contribution in [3.05, 3.63) is 47.8 Å². The highest BCUT2D eigenvalue weighted by Gasteiger charge is 2.38. The molecule has 0 saturated carbocycles. The van der Waals surface area contributed by atoms with Gasteiger partial charge >= 0.3 is 0 Å². The van der Waals surface area contributed by atoms with Gasteiger partial charge < -0.3 is 24.8 Å². The Labute approximate surface area is 197 Å². The van der Waals surface area contributed by atoms with Gasteiger partial charge in [0.15, 0.2) is 0 Å². The molecule has 2 aliphatic heterocycles. The number of fused-ring (bicyclic) bond motifs is 3. The molecule has 1 aromatic heterocycles. The lowest BCUT2D eigenvalue weighted by Crippen LogP contribution is -2.48. The van der Waals surface area contributed by atoms with E-state index >= 15 is 0 Å². The van der Waals surface area contributed by atoms with Crippen LogP contribution < -0.4 is 15.4 Å². The third-order valence-corrected chi connectivity index (χ3v) is 6.38. The average Bonchev–Trinajstić information content (AvgIpc) is 3.45. The molecule has 182 valence electrons. The molecule has 3 heterocycles. The Bertz CT molecular complexity index is 1060. The van der Waals surface area contributed by atoms with E-state index in [1.165, 1.54) is 12.1 Å². The summed E-state index contributed by atoms with van der Waals surface area (Å²) in [6, 6.07) is 3.27. The van der Waals surface area contributed by atoms with Crippen LogP contribution in [0.15, 0.2) is 30.6 Å². The van der Waals surface area contributed by atoms with Crippen LogP contribution in [0.5, 0.6) is 5.75 Å². The number of nitrogens with one attached hydrogen (secondary N) is 2. The number of ether oxygens (including phenoxy) is 1. The third-order valence-electron chi connectivity index (χ3n) is 6.38. The van der Waals surface area contributed by atoms with Gasteiger partial charge in [0.05, 0.1) is 12.1 Å². The summed E-state index contributed by atoms with van der Waals surface area (Å²) in [6.45, 7) is 3.10. The standard InChI is InChI=1S/C24H30FN5O4/c1-2-21-26-8-11-29(21)10-7-23(32)30-17-4-5-18(30)15-28-24(33)19-13-16(25)3-6-20(19)34-12-9-27-22(31)14-17/h3,6,8,11,13,17-18H,2,4-5,7,9-10,12,14-15H2,1H3,(H,27,31)(H,28,33)/t17-,18+/m0/s1. The zero-order valence-electron chi connectivity index (χ0n) is 19.3. The van der Waals surface area contributed by atoms with Crippen molar-refractivity contribution >= 4 is 17.7 Å². The Hall–Kier alpha value is -3.43. The number of hydrogen-bond donors (Lipinski definition) is 2. The lowest BCUT2D eigenvalue weighted by atomic mass is 10.1. The largest absolute Gasteiger partial charge is 0.491 e. The summed E-state index contributed by atoms with van der Waals surface area (Å²) in [4.78, 5) is 44.7. The minimum Gasteiger partial charge on any atom is -0.491 e. The van der Waals surface area contributed by atoms with E-state index in [2.05, 4.69) is 15.6 Å². The fourth-order valence-electron chi connectivity index (χ4n) is 4.72. The summed E-state index contributed by atoms with van der Waals surface area (Å²) in [5.74, 6) is -0.0679. The van der Waals surface area contributed by atoms with Crippen molar-refractivity contribution in [3.63, 3.8) is 0 Å². The average molecular weight is 472 g/mol. The Morgan fingerprint density at radius 3 is 2.88 bits per heavy atom. The summed E-state index contributed by atoms with van der Waals surface area (Å²) in [6.07, 6.45) is 6.16. The van der Waals surface area contributed by atoms with E-state index in [1.54, 1.807) is 11.1 Å². The molecule has 0 radical (unpaired) electrons. The van der Waals surface area contributed by atoms with Gasteiger partial charge in [-0.2, -0.15) is 0 Å². The number of aryl methyl sites for hydroxylation is 2. The molecule has 1 saturated heterocycles. The molecular weight excluding hydrogens is 441 g/mol. The molecule has 2 N–H and O–H groups in total. The van der Waals surface area contributed by atoms with E-state index < -0.39 is 11.7 Å². The SMILES string of the molecule is CCc1nccn1CCC(=O)N1[C@@H]2CC[C@H]1CC(=O)NCCOc1ccc(F)cc1C(=O)NC2. The second-order valence-corrected chi connectivity index (χ2v) is 8.58. The van der Waals surface area contributed by atoms with E-state index in [-0.39, 0.29) is 67.7 Å². The maximum absolute atomic E-state index is 13.8. The maximum atomic E-state index is 13.8. The van der Waals surface area contributed by atoms with Crippen LogP contribution in [0.3, 0.4) is 0 Å². The fourth-order valence-corrected chi connectivity index (χ4v) is 4.72.